The minimum Gasteiger partial charge on any atom is -0.496 e. The number of benzene rings is 6. The number of ether oxygens (including phenoxy) is 3. The van der Waals surface area contributed by atoms with Gasteiger partial charge >= 0.3 is 7.12 Å². The van der Waals surface area contributed by atoms with Crippen LogP contribution in [0.25, 0.3) is 39.5 Å². The fraction of sp³-hybridized carbons (Fsp3) is 0.368. The maximum absolute atomic E-state index is 13.4. The summed E-state index contributed by atoms with van der Waals surface area (Å²) in [4.78, 5) is 78.3. The number of piperidine rings is 3. The summed E-state index contributed by atoms with van der Waals surface area (Å²) in [5, 5.41) is 19.6. The molecular weight excluding hydrogens is 1460 g/mol. The van der Waals surface area contributed by atoms with Crippen LogP contribution in [0.15, 0.2) is 188 Å². The van der Waals surface area contributed by atoms with Gasteiger partial charge in [0.15, 0.2) is 0 Å². The number of amides is 3. The van der Waals surface area contributed by atoms with Crippen molar-refractivity contribution in [3.05, 3.63) is 233 Å². The van der Waals surface area contributed by atoms with E-state index in [1.807, 2.05) is 197 Å². The fourth-order valence-corrected chi connectivity index (χ4v) is 14.8. The van der Waals surface area contributed by atoms with Crippen molar-refractivity contribution in [2.75, 3.05) is 124 Å². The first-order valence-corrected chi connectivity index (χ1v) is 38.3. The van der Waals surface area contributed by atoms with Gasteiger partial charge in [-0.05, 0) is 170 Å². The summed E-state index contributed by atoms with van der Waals surface area (Å²) >= 11 is 3.49. The van der Waals surface area contributed by atoms with E-state index in [0.717, 1.165) is 107 Å². The highest BCUT2D eigenvalue weighted by Crippen LogP contribution is 2.41. The van der Waals surface area contributed by atoms with E-state index in [1.54, 1.807) is 44.5 Å². The highest BCUT2D eigenvalue weighted by Gasteiger charge is 2.50. The monoisotopic (exact) mass is 1570 g/mol. The van der Waals surface area contributed by atoms with Crippen molar-refractivity contribution in [1.29, 1.82) is 0 Å². The second-order valence-corrected chi connectivity index (χ2v) is 30.4. The Morgan fingerprint density at radius 1 is 0.523 bits per heavy atom. The third-order valence-electron chi connectivity index (χ3n) is 20.9. The lowest BCUT2D eigenvalue weighted by molar-refractivity contribution is 0.00578. The first-order valence-electron chi connectivity index (χ1n) is 37.5. The Morgan fingerprint density at radius 2 is 0.856 bits per heavy atom. The van der Waals surface area contributed by atoms with Gasteiger partial charge in [-0.1, -0.05) is 91.4 Å². The molecule has 3 unspecified atom stereocenters. The number of anilines is 3. The van der Waals surface area contributed by atoms with Crippen molar-refractivity contribution in [2.24, 2.45) is 0 Å². The summed E-state index contributed by atoms with van der Waals surface area (Å²) in [5.41, 5.74) is 12.5. The number of hydrogen-bond donors (Lipinski definition) is 2. The lowest BCUT2D eigenvalue weighted by atomic mass is 9.85. The molecule has 4 fully saturated rings. The molecule has 4 atom stereocenters. The van der Waals surface area contributed by atoms with Crippen LogP contribution in [-0.4, -0.2) is 200 Å². The summed E-state index contributed by atoms with van der Waals surface area (Å²) in [5.74, 6) is 6.27. The normalized spacial score (nSPS) is 17.2. The molecule has 3 aromatic heterocycles. The van der Waals surface area contributed by atoms with Crippen molar-refractivity contribution >= 4 is 64.7 Å². The van der Waals surface area contributed by atoms with Gasteiger partial charge in [-0.25, -0.2) is 29.9 Å². The van der Waals surface area contributed by atoms with Crippen LogP contribution in [-0.2, 0) is 9.31 Å². The molecule has 0 spiro atoms. The van der Waals surface area contributed by atoms with Crippen LogP contribution in [0.3, 0.4) is 0 Å². The van der Waals surface area contributed by atoms with Gasteiger partial charge in [0.1, 0.15) is 23.4 Å². The van der Waals surface area contributed by atoms with Gasteiger partial charge in [0.2, 0.25) is 17.8 Å². The van der Waals surface area contributed by atoms with Crippen LogP contribution in [0.5, 0.6) is 17.2 Å². The number of aliphatic hydroxyl groups excluding tert-OH is 2. The van der Waals surface area contributed by atoms with E-state index in [9.17, 15) is 24.6 Å². The molecule has 0 saturated carbocycles. The van der Waals surface area contributed by atoms with Gasteiger partial charge < -0.3 is 63.1 Å². The average molecular weight is 1570 g/mol. The van der Waals surface area contributed by atoms with Crippen LogP contribution in [0.2, 0.25) is 0 Å². The molecule has 4 aliphatic heterocycles. The highest BCUT2D eigenvalue weighted by atomic mass is 79.9. The molecule has 582 valence electrons. The lowest BCUT2D eigenvalue weighted by Crippen LogP contribution is -2.41. The highest BCUT2D eigenvalue weighted by molar-refractivity contribution is 9.10. The Bertz CT molecular complexity index is 4650. The molecule has 0 radical (unpaired) electrons. The number of halogens is 1. The summed E-state index contributed by atoms with van der Waals surface area (Å²) in [6.45, 7) is 19.3. The molecule has 7 heterocycles. The standard InChI is InChI=1S/C27H32N4O4.C27H30N4O2.C25H27BrN4O2.C8H15BO2/c1-30(2)27-28-14-20(15-29-27)22-9-5-4-8-21(22)19-7-6-12-31(16-19)26(34)18-10-11-25(35-3)23(13-18)24(33)17-32;1-5-19-15-20(12-13-25(19)33-4)26(32)31-14-8-9-21(18-31)23-10-6-7-11-24(23)22-16-28-27(29-17-22)30(2)3;1-29(2)25-27-14-19(15-28-25)21-9-5-4-8-20(21)18-7-6-12-30(16-18)24(31)17-10-11-23(32-3)22(26)13-17;1-6-9-10-7(2,3)8(4,5)11-9/h4-5,8-11,13-15,19,24,32-33H,6-7,12,16-17H2,1-3H3;5-7,10-13,15-17,21H,1,8-9,14,18H2,2-4H3;4-5,8-11,13-15,18H,6-7,12,16H2,1-3H3;6H,1H2,2-5H3/t19?,24-;;;/m1.../s1. The first kappa shape index (κ1) is 83.1. The van der Waals surface area contributed by atoms with E-state index in [2.05, 4.69) is 108 Å². The third kappa shape index (κ3) is 20.2. The Hall–Kier alpha value is -10.4. The van der Waals surface area contributed by atoms with Gasteiger partial charge in [-0.2, -0.15) is 0 Å². The average Bonchev–Trinajstić information content (AvgIpc) is 1.77. The van der Waals surface area contributed by atoms with Crippen molar-refractivity contribution in [3.8, 4) is 50.6 Å². The van der Waals surface area contributed by atoms with Gasteiger partial charge in [-0.15, -0.1) is 6.58 Å². The van der Waals surface area contributed by atoms with Gasteiger partial charge in [-0.3, -0.25) is 14.4 Å². The quantitative estimate of drug-likeness (QED) is 0.0716. The number of nitrogens with zero attached hydrogens (tertiary/aromatic N) is 12. The minimum atomic E-state index is -1.11. The van der Waals surface area contributed by atoms with E-state index in [-0.39, 0.29) is 53.8 Å². The van der Waals surface area contributed by atoms with E-state index in [4.69, 9.17) is 23.5 Å². The first-order chi connectivity index (χ1) is 53.3. The number of methoxy groups -OCH3 is 3. The smallest absolute Gasteiger partial charge is 0.486 e. The van der Waals surface area contributed by atoms with Crippen LogP contribution in [0.4, 0.5) is 17.8 Å². The summed E-state index contributed by atoms with van der Waals surface area (Å²) in [7, 11) is 16.0. The minimum absolute atomic E-state index is 0.0432. The molecule has 0 bridgehead atoms. The number of aliphatic hydroxyl groups is 2. The van der Waals surface area contributed by atoms with Crippen LogP contribution in [0, 0.1) is 0 Å². The molecule has 24 heteroatoms. The van der Waals surface area contributed by atoms with Crippen LogP contribution in [0.1, 0.15) is 149 Å². The Kier molecular flexibility index (Phi) is 28.5. The molecule has 111 heavy (non-hydrogen) atoms. The van der Waals surface area contributed by atoms with Crippen molar-refractivity contribution < 1.29 is 48.1 Å². The van der Waals surface area contributed by atoms with Crippen LogP contribution < -0.4 is 28.9 Å². The van der Waals surface area contributed by atoms with Gasteiger partial charge in [0.05, 0.1) is 43.6 Å². The number of carbonyl (C=O) groups excluding carboxylic acids is 3. The Labute approximate surface area is 662 Å². The second-order valence-electron chi connectivity index (χ2n) is 29.6. The summed E-state index contributed by atoms with van der Waals surface area (Å²) in [6.07, 6.45) is 17.7. The summed E-state index contributed by atoms with van der Waals surface area (Å²) < 4.78 is 27.9. The number of hydrogen-bond acceptors (Lipinski definition) is 19. The van der Waals surface area contributed by atoms with Gasteiger partial charge in [0, 0.05) is 181 Å². The molecule has 22 nitrogen and oxygen atoms in total. The van der Waals surface area contributed by atoms with Gasteiger partial charge in [0.25, 0.3) is 17.7 Å². The largest absolute Gasteiger partial charge is 0.496 e. The van der Waals surface area contributed by atoms with E-state index in [0.29, 0.717) is 72.0 Å². The van der Waals surface area contributed by atoms with Crippen LogP contribution >= 0.6 is 15.9 Å². The predicted molar refractivity (Wildman–Crippen MR) is 444 cm³/mol. The Morgan fingerprint density at radius 3 is 1.17 bits per heavy atom. The van der Waals surface area contributed by atoms with Crippen molar-refractivity contribution in [2.45, 2.75) is 101 Å². The second kappa shape index (κ2) is 38.0. The molecule has 4 aliphatic rings. The predicted octanol–water partition coefficient (Wildman–Crippen LogP) is 14.9. The summed E-state index contributed by atoms with van der Waals surface area (Å²) in [6, 6.07) is 41.0. The molecule has 9 aromatic rings. The third-order valence-corrected chi connectivity index (χ3v) is 21.6. The SMILES string of the molecule is C=CB1OC(C)(C)C(C)(C)O1.C=Cc1cc(C(=O)N2CCCC(c3ccccc3-c3cnc(N(C)C)nc3)C2)ccc1OC.COc1ccc(C(=O)N2CCCC(c3ccccc3-c3cnc(N(C)C)nc3)C2)cc1Br.COc1ccc(C(=O)N2CCCC(c3ccccc3-c3cnc(N(C)C)nc3)C2)cc1[C@H](O)CO. The molecule has 0 aliphatic carbocycles. The Balaban J connectivity index is 0.000000165. The zero-order valence-corrected chi connectivity index (χ0v) is 67.7. The maximum Gasteiger partial charge on any atom is 0.486 e. The van der Waals surface area contributed by atoms with E-state index >= 15 is 0 Å². The number of likely N-dealkylation sites (tertiary alicyclic amines) is 3. The zero-order valence-electron chi connectivity index (χ0n) is 66.1. The molecule has 13 rings (SSSR count). The molecule has 4 saturated heterocycles. The molecule has 2 N–H and O–H groups in total. The fourth-order valence-electron chi connectivity index (χ4n) is 14.3. The zero-order chi connectivity index (χ0) is 79.7. The molecule has 3 amide bonds. The molecular formula is C87H104BBrN12O10. The lowest BCUT2D eigenvalue weighted by Gasteiger charge is -2.34. The van der Waals surface area contributed by atoms with Crippen molar-refractivity contribution in [3.63, 3.8) is 0 Å². The number of carbonyl (C=O) groups is 3. The van der Waals surface area contributed by atoms with Crippen molar-refractivity contribution in [1.82, 2.24) is 44.6 Å². The maximum atomic E-state index is 13.4. The number of aromatic nitrogens is 6. The van der Waals surface area contributed by atoms with E-state index in [1.165, 1.54) is 23.8 Å². The topological polar surface area (TPSA) is 235 Å². The molecule has 6 aromatic carbocycles. The van der Waals surface area contributed by atoms with E-state index < -0.39 is 12.7 Å². The number of rotatable bonds is 19.